The third kappa shape index (κ3) is 5.37. The van der Waals surface area contributed by atoms with Crippen molar-refractivity contribution in [2.45, 2.75) is 52.6 Å². The van der Waals surface area contributed by atoms with Gasteiger partial charge in [0.1, 0.15) is 11.6 Å². The minimum absolute atomic E-state index is 0.0202. The number of carbonyl (C=O) groups is 1. The molecular weight excluding hydrogens is 434 g/mol. The van der Waals surface area contributed by atoms with E-state index < -0.39 is 5.41 Å². The number of thiophene rings is 1. The van der Waals surface area contributed by atoms with Crippen LogP contribution in [-0.2, 0) is 13.1 Å². The highest BCUT2D eigenvalue weighted by atomic mass is 35.5. The summed E-state index contributed by atoms with van der Waals surface area (Å²) in [4.78, 5) is 20.5. The van der Waals surface area contributed by atoms with Crippen molar-refractivity contribution in [3.05, 3.63) is 51.5 Å². The third-order valence-electron chi connectivity index (χ3n) is 5.50. The Balaban J connectivity index is 1.47. The predicted molar refractivity (Wildman–Crippen MR) is 123 cm³/mol. The fraction of sp³-hybridized carbons (Fsp3) is 0.500. The van der Waals surface area contributed by atoms with E-state index in [0.29, 0.717) is 12.5 Å². The van der Waals surface area contributed by atoms with Crippen LogP contribution in [0.15, 0.2) is 35.2 Å². The van der Waals surface area contributed by atoms with Gasteiger partial charge in [-0.2, -0.15) is 9.78 Å². The van der Waals surface area contributed by atoms with Gasteiger partial charge in [0.05, 0.1) is 29.3 Å². The minimum atomic E-state index is -0.521. The van der Waals surface area contributed by atoms with Crippen LogP contribution in [0.5, 0.6) is 0 Å². The summed E-state index contributed by atoms with van der Waals surface area (Å²) in [5.74, 6) is 1.94. The molecule has 9 heteroatoms. The lowest BCUT2D eigenvalue weighted by molar-refractivity contribution is 0.0750. The summed E-state index contributed by atoms with van der Waals surface area (Å²) in [5.41, 5.74) is 0.454. The van der Waals surface area contributed by atoms with Gasteiger partial charge in [0.2, 0.25) is 0 Å². The average molecular weight is 462 g/mol. The SMILES string of the molecule is CC(C)(C)C(=O)n1nc(C2CCN(Cc3cnco3)CC2)cc1NCc1ccc(Cl)s1. The molecule has 166 valence electrons. The first-order valence-electron chi connectivity index (χ1n) is 10.5. The standard InChI is InChI=1S/C22H28ClN5O2S/c1-22(2,3)21(29)28-20(25-12-17-4-5-19(23)31-17)10-18(26-28)15-6-8-27(9-7-15)13-16-11-24-14-30-16/h4-5,10-11,14-15,25H,6-9,12-13H2,1-3H3. The quantitative estimate of drug-likeness (QED) is 0.539. The maximum Gasteiger partial charge on any atom is 0.254 e. The van der Waals surface area contributed by atoms with Gasteiger partial charge < -0.3 is 9.73 Å². The molecule has 1 saturated heterocycles. The number of nitrogens with one attached hydrogen (secondary N) is 1. The Morgan fingerprint density at radius 2 is 2.10 bits per heavy atom. The van der Waals surface area contributed by atoms with Gasteiger partial charge in [0.15, 0.2) is 6.39 Å². The van der Waals surface area contributed by atoms with Gasteiger partial charge in [-0.3, -0.25) is 9.69 Å². The van der Waals surface area contributed by atoms with Gasteiger partial charge in [0, 0.05) is 22.3 Å². The van der Waals surface area contributed by atoms with Crippen LogP contribution in [0.1, 0.15) is 60.7 Å². The normalized spacial score (nSPS) is 16.0. The van der Waals surface area contributed by atoms with Crippen LogP contribution in [0, 0.1) is 5.41 Å². The molecule has 0 amide bonds. The molecular formula is C22H28ClN5O2S. The number of hydrogen-bond donors (Lipinski definition) is 1. The molecule has 4 rings (SSSR count). The lowest BCUT2D eigenvalue weighted by atomic mass is 9.93. The fourth-order valence-corrected chi connectivity index (χ4v) is 4.78. The number of aromatic nitrogens is 3. The lowest BCUT2D eigenvalue weighted by Gasteiger charge is -2.30. The van der Waals surface area contributed by atoms with Gasteiger partial charge in [-0.05, 0) is 38.1 Å². The van der Waals surface area contributed by atoms with E-state index in [0.717, 1.165) is 59.0 Å². The number of anilines is 1. The lowest BCUT2D eigenvalue weighted by Crippen LogP contribution is -2.32. The molecule has 1 aliphatic heterocycles. The molecule has 0 aromatic carbocycles. The Hall–Kier alpha value is -2.16. The van der Waals surface area contributed by atoms with Gasteiger partial charge in [-0.25, -0.2) is 4.98 Å². The zero-order chi connectivity index (χ0) is 22.0. The van der Waals surface area contributed by atoms with E-state index in [9.17, 15) is 4.79 Å². The monoisotopic (exact) mass is 461 g/mol. The first kappa shape index (κ1) is 22.0. The van der Waals surface area contributed by atoms with Crippen LogP contribution in [0.4, 0.5) is 5.82 Å². The average Bonchev–Trinajstić information content (AvgIpc) is 3.47. The summed E-state index contributed by atoms with van der Waals surface area (Å²) < 4.78 is 7.67. The van der Waals surface area contributed by atoms with Crippen LogP contribution in [0.2, 0.25) is 4.34 Å². The van der Waals surface area contributed by atoms with Crippen LogP contribution in [0.25, 0.3) is 0 Å². The molecule has 0 unspecified atom stereocenters. The Bertz CT molecular complexity index is 1010. The first-order valence-corrected chi connectivity index (χ1v) is 11.7. The van der Waals surface area contributed by atoms with Crippen LogP contribution >= 0.6 is 22.9 Å². The number of carbonyl (C=O) groups excluding carboxylic acids is 1. The van der Waals surface area contributed by atoms with Crippen molar-refractivity contribution in [1.82, 2.24) is 19.7 Å². The summed E-state index contributed by atoms with van der Waals surface area (Å²) in [6.45, 7) is 9.06. The summed E-state index contributed by atoms with van der Waals surface area (Å²) in [6, 6.07) is 5.92. The summed E-state index contributed by atoms with van der Waals surface area (Å²) in [5, 5.41) is 8.15. The number of hydrogen-bond acceptors (Lipinski definition) is 7. The Morgan fingerprint density at radius 1 is 1.32 bits per heavy atom. The van der Waals surface area contributed by atoms with E-state index in [1.54, 1.807) is 10.9 Å². The van der Waals surface area contributed by atoms with Crippen molar-refractivity contribution < 1.29 is 9.21 Å². The molecule has 1 aliphatic rings. The molecule has 0 spiro atoms. The maximum atomic E-state index is 13.0. The smallest absolute Gasteiger partial charge is 0.254 e. The summed E-state index contributed by atoms with van der Waals surface area (Å²) in [7, 11) is 0. The molecule has 31 heavy (non-hydrogen) atoms. The molecule has 0 aliphatic carbocycles. The highest BCUT2D eigenvalue weighted by Gasteiger charge is 2.29. The molecule has 0 atom stereocenters. The third-order valence-corrected chi connectivity index (χ3v) is 6.73. The highest BCUT2D eigenvalue weighted by molar-refractivity contribution is 7.16. The van der Waals surface area contributed by atoms with Crippen LogP contribution < -0.4 is 5.32 Å². The van der Waals surface area contributed by atoms with Crippen molar-refractivity contribution in [2.75, 3.05) is 18.4 Å². The second-order valence-electron chi connectivity index (χ2n) is 9.00. The molecule has 3 aromatic rings. The Kier molecular flexibility index (Phi) is 6.50. The number of likely N-dealkylation sites (tertiary alicyclic amines) is 1. The van der Waals surface area contributed by atoms with Crippen molar-refractivity contribution >= 4 is 34.7 Å². The maximum absolute atomic E-state index is 13.0. The van der Waals surface area contributed by atoms with Crippen LogP contribution in [0.3, 0.4) is 0 Å². The second kappa shape index (κ2) is 9.14. The largest absolute Gasteiger partial charge is 0.447 e. The van der Waals surface area contributed by atoms with Gasteiger partial charge >= 0.3 is 0 Å². The van der Waals surface area contributed by atoms with E-state index in [1.807, 2.05) is 39.0 Å². The summed E-state index contributed by atoms with van der Waals surface area (Å²) in [6.07, 6.45) is 5.23. The topological polar surface area (TPSA) is 76.2 Å². The van der Waals surface area contributed by atoms with Crippen molar-refractivity contribution in [3.63, 3.8) is 0 Å². The number of piperidine rings is 1. The van der Waals surface area contributed by atoms with Crippen molar-refractivity contribution in [1.29, 1.82) is 0 Å². The van der Waals surface area contributed by atoms with E-state index in [4.69, 9.17) is 21.1 Å². The molecule has 0 saturated carbocycles. The van der Waals surface area contributed by atoms with Gasteiger partial charge in [-0.15, -0.1) is 11.3 Å². The molecule has 0 bridgehead atoms. The molecule has 7 nitrogen and oxygen atoms in total. The Labute approximate surface area is 191 Å². The van der Waals surface area contributed by atoms with Gasteiger partial charge in [-0.1, -0.05) is 32.4 Å². The number of oxazole rings is 1. The van der Waals surface area contributed by atoms with E-state index in [2.05, 4.69) is 15.2 Å². The van der Waals surface area contributed by atoms with Crippen molar-refractivity contribution in [3.8, 4) is 0 Å². The summed E-state index contributed by atoms with van der Waals surface area (Å²) >= 11 is 7.59. The highest BCUT2D eigenvalue weighted by Crippen LogP contribution is 2.31. The van der Waals surface area contributed by atoms with E-state index in [1.165, 1.54) is 17.7 Å². The minimum Gasteiger partial charge on any atom is -0.447 e. The number of rotatable bonds is 6. The van der Waals surface area contributed by atoms with Crippen molar-refractivity contribution in [2.24, 2.45) is 5.41 Å². The van der Waals surface area contributed by atoms with E-state index in [-0.39, 0.29) is 5.91 Å². The van der Waals surface area contributed by atoms with Gasteiger partial charge in [0.25, 0.3) is 5.91 Å². The number of halogens is 1. The molecule has 3 aromatic heterocycles. The molecule has 1 N–H and O–H groups in total. The second-order valence-corrected chi connectivity index (χ2v) is 10.8. The molecule has 0 radical (unpaired) electrons. The zero-order valence-electron chi connectivity index (χ0n) is 18.1. The van der Waals surface area contributed by atoms with Crippen LogP contribution in [-0.4, -0.2) is 38.7 Å². The molecule has 4 heterocycles. The zero-order valence-corrected chi connectivity index (χ0v) is 19.7. The Morgan fingerprint density at radius 3 is 2.71 bits per heavy atom. The molecule has 1 fully saturated rings. The number of nitrogens with zero attached hydrogens (tertiary/aromatic N) is 4. The predicted octanol–water partition coefficient (Wildman–Crippen LogP) is 5.26. The fourth-order valence-electron chi connectivity index (χ4n) is 3.75. The van der Waals surface area contributed by atoms with E-state index >= 15 is 0 Å². The first-order chi connectivity index (χ1) is 14.8.